The van der Waals surface area contributed by atoms with Crippen LogP contribution in [0.15, 0.2) is 76.8 Å². The second-order valence-electron chi connectivity index (χ2n) is 8.23. The van der Waals surface area contributed by atoms with E-state index in [4.69, 9.17) is 23.2 Å². The zero-order valence-electron chi connectivity index (χ0n) is 18.6. The molecule has 7 heteroatoms. The number of aliphatic imine (C=N–C) groups is 1. The highest BCUT2D eigenvalue weighted by Gasteiger charge is 2.24. The number of halogens is 2. The fraction of sp³-hybridized carbons (Fsp3) is 0.111. The number of fused-ring (bicyclic) bond motifs is 1. The Bertz CT molecular complexity index is 1500. The molecule has 0 aliphatic carbocycles. The quantitative estimate of drug-likeness (QED) is 0.291. The van der Waals surface area contributed by atoms with Crippen molar-refractivity contribution in [2.45, 2.75) is 20.4 Å². The number of nitrogens with zero attached hydrogens (tertiary/aromatic N) is 2. The number of carbonyl (C=O) groups excluding carboxylic acids is 1. The first kappa shape index (κ1) is 22.8. The number of nitrogens with one attached hydrogen (secondary N) is 1. The summed E-state index contributed by atoms with van der Waals surface area (Å²) in [4.78, 5) is 17.9. The number of amidine groups is 1. The fourth-order valence-corrected chi connectivity index (χ4v) is 5.04. The monoisotopic (exact) mass is 505 g/mol. The lowest BCUT2D eigenvalue weighted by Gasteiger charge is -2.06. The average Bonchev–Trinajstić information content (AvgIpc) is 3.33. The van der Waals surface area contributed by atoms with Crippen LogP contribution < -0.4 is 5.32 Å². The van der Waals surface area contributed by atoms with E-state index < -0.39 is 0 Å². The number of aromatic nitrogens is 1. The zero-order valence-corrected chi connectivity index (χ0v) is 20.9. The highest BCUT2D eigenvalue weighted by molar-refractivity contribution is 8.18. The summed E-state index contributed by atoms with van der Waals surface area (Å²) in [6, 6.07) is 19.8. The molecule has 0 radical (unpaired) electrons. The lowest BCUT2D eigenvalue weighted by Crippen LogP contribution is -2.19. The summed E-state index contributed by atoms with van der Waals surface area (Å²) in [5, 5.41) is 5.61. The molecule has 1 aliphatic heterocycles. The Morgan fingerprint density at radius 3 is 2.62 bits per heavy atom. The van der Waals surface area contributed by atoms with Gasteiger partial charge in [0.1, 0.15) is 0 Å². The molecule has 0 unspecified atom stereocenters. The second-order valence-corrected chi connectivity index (χ2v) is 10.1. The minimum atomic E-state index is -0.145. The molecule has 4 aromatic rings. The molecule has 0 saturated carbocycles. The molecule has 170 valence electrons. The summed E-state index contributed by atoms with van der Waals surface area (Å²) in [6.45, 7) is 4.76. The third kappa shape index (κ3) is 4.64. The second kappa shape index (κ2) is 9.34. The molecule has 1 aromatic heterocycles. The maximum absolute atomic E-state index is 12.7. The number of hydrogen-bond donors (Lipinski definition) is 1. The molecule has 1 N–H and O–H groups in total. The van der Waals surface area contributed by atoms with E-state index in [0.717, 1.165) is 27.7 Å². The van der Waals surface area contributed by atoms with Crippen LogP contribution in [0.4, 0.5) is 5.69 Å². The summed E-state index contributed by atoms with van der Waals surface area (Å²) >= 11 is 13.6. The first-order valence-corrected chi connectivity index (χ1v) is 12.3. The molecule has 1 aliphatic rings. The minimum Gasteiger partial charge on any atom is -0.342 e. The molecule has 1 saturated heterocycles. The number of rotatable bonds is 4. The Kier molecular flexibility index (Phi) is 6.26. The van der Waals surface area contributed by atoms with Crippen LogP contribution in [-0.2, 0) is 11.3 Å². The molecule has 1 amide bonds. The van der Waals surface area contributed by atoms with Gasteiger partial charge in [-0.3, -0.25) is 4.79 Å². The highest BCUT2D eigenvalue weighted by atomic mass is 35.5. The van der Waals surface area contributed by atoms with Crippen LogP contribution in [0.2, 0.25) is 10.0 Å². The van der Waals surface area contributed by atoms with Gasteiger partial charge in [-0.2, -0.15) is 0 Å². The van der Waals surface area contributed by atoms with E-state index in [9.17, 15) is 4.79 Å². The maximum Gasteiger partial charge on any atom is 0.264 e. The van der Waals surface area contributed by atoms with Crippen molar-refractivity contribution >= 4 is 68.7 Å². The third-order valence-electron chi connectivity index (χ3n) is 5.81. The van der Waals surface area contributed by atoms with Crippen LogP contribution in [0.3, 0.4) is 0 Å². The standard InChI is InChI=1S/C27H21Cl2N3OS/c1-16-7-9-20(11-17(16)2)30-27-31-26(33)25(34-27)13-19-15-32(24-6-4-3-5-21(19)24)14-18-8-10-22(28)23(29)12-18/h3-13,15H,14H2,1-2H3,(H,30,31,33)/b25-13+. The molecule has 5 rings (SSSR count). The molecule has 2 heterocycles. The maximum atomic E-state index is 12.7. The Balaban J connectivity index is 1.46. The number of para-hydroxylation sites is 1. The van der Waals surface area contributed by atoms with Crippen LogP contribution in [0.5, 0.6) is 0 Å². The van der Waals surface area contributed by atoms with Crippen LogP contribution >= 0.6 is 35.0 Å². The van der Waals surface area contributed by atoms with Gasteiger partial charge in [-0.15, -0.1) is 0 Å². The van der Waals surface area contributed by atoms with Crippen molar-refractivity contribution in [2.24, 2.45) is 4.99 Å². The Labute approximate surface area is 212 Å². The van der Waals surface area contributed by atoms with Gasteiger partial charge in [0.25, 0.3) is 5.91 Å². The predicted octanol–water partition coefficient (Wildman–Crippen LogP) is 7.50. The van der Waals surface area contributed by atoms with Crippen LogP contribution in [0.1, 0.15) is 22.3 Å². The van der Waals surface area contributed by atoms with Gasteiger partial charge in [0.05, 0.1) is 20.6 Å². The summed E-state index contributed by atoms with van der Waals surface area (Å²) in [7, 11) is 0. The third-order valence-corrected chi connectivity index (χ3v) is 7.46. The summed E-state index contributed by atoms with van der Waals surface area (Å²) < 4.78 is 2.16. The Hall–Kier alpha value is -2.99. The predicted molar refractivity (Wildman–Crippen MR) is 144 cm³/mol. The van der Waals surface area contributed by atoms with Crippen molar-refractivity contribution in [1.82, 2.24) is 9.88 Å². The van der Waals surface area contributed by atoms with Gasteiger partial charge < -0.3 is 9.88 Å². The number of thioether (sulfide) groups is 1. The van der Waals surface area contributed by atoms with Crippen molar-refractivity contribution in [3.8, 4) is 0 Å². The van der Waals surface area contributed by atoms with Gasteiger partial charge in [-0.25, -0.2) is 4.99 Å². The molecule has 1 fully saturated rings. The van der Waals surface area contributed by atoms with Crippen molar-refractivity contribution in [3.63, 3.8) is 0 Å². The van der Waals surface area contributed by atoms with Gasteiger partial charge >= 0.3 is 0 Å². The van der Waals surface area contributed by atoms with Crippen LogP contribution in [-0.4, -0.2) is 15.6 Å². The number of benzene rings is 3. The largest absolute Gasteiger partial charge is 0.342 e. The van der Waals surface area contributed by atoms with Crippen molar-refractivity contribution in [1.29, 1.82) is 0 Å². The van der Waals surface area contributed by atoms with Gasteiger partial charge in [-0.1, -0.05) is 53.5 Å². The normalized spacial score (nSPS) is 16.1. The Morgan fingerprint density at radius 1 is 1.00 bits per heavy atom. The lowest BCUT2D eigenvalue weighted by atomic mass is 10.1. The summed E-state index contributed by atoms with van der Waals surface area (Å²) in [5.74, 6) is -0.145. The Morgan fingerprint density at radius 2 is 1.82 bits per heavy atom. The zero-order chi connectivity index (χ0) is 23.8. The van der Waals surface area contributed by atoms with Crippen LogP contribution in [0.25, 0.3) is 17.0 Å². The fourth-order valence-electron chi connectivity index (χ4n) is 3.89. The van der Waals surface area contributed by atoms with E-state index in [1.165, 1.54) is 22.9 Å². The number of hydrogen-bond acceptors (Lipinski definition) is 3. The molecule has 0 spiro atoms. The van der Waals surface area contributed by atoms with Gasteiger partial charge in [0.2, 0.25) is 0 Å². The first-order valence-electron chi connectivity index (χ1n) is 10.8. The topological polar surface area (TPSA) is 46.4 Å². The van der Waals surface area contributed by atoms with E-state index >= 15 is 0 Å². The number of amides is 1. The van der Waals surface area contributed by atoms with E-state index in [1.54, 1.807) is 0 Å². The lowest BCUT2D eigenvalue weighted by molar-refractivity contribution is -0.115. The molecule has 3 aromatic carbocycles. The SMILES string of the molecule is Cc1ccc(N=C2NC(=O)/C(=C\c3cn(Cc4ccc(Cl)c(Cl)c4)c4ccccc34)S2)cc1C. The average molecular weight is 506 g/mol. The molecule has 0 bridgehead atoms. The van der Waals surface area contributed by atoms with E-state index in [2.05, 4.69) is 47.1 Å². The highest BCUT2D eigenvalue weighted by Crippen LogP contribution is 2.32. The van der Waals surface area contributed by atoms with Gasteiger partial charge in [0, 0.05) is 29.2 Å². The van der Waals surface area contributed by atoms with E-state index in [1.807, 2.05) is 54.6 Å². The summed E-state index contributed by atoms with van der Waals surface area (Å²) in [6.07, 6.45) is 3.99. The minimum absolute atomic E-state index is 0.145. The first-order chi connectivity index (χ1) is 16.4. The smallest absolute Gasteiger partial charge is 0.264 e. The van der Waals surface area contributed by atoms with Crippen LogP contribution in [0, 0.1) is 13.8 Å². The molecule has 34 heavy (non-hydrogen) atoms. The van der Waals surface area contributed by atoms with Gasteiger partial charge in [0.15, 0.2) is 5.17 Å². The number of aryl methyl sites for hydroxylation is 2. The molecule has 4 nitrogen and oxygen atoms in total. The molecular formula is C27H21Cl2N3OS. The summed E-state index contributed by atoms with van der Waals surface area (Å²) in [5.41, 5.74) is 6.30. The number of carbonyl (C=O) groups is 1. The molecule has 0 atom stereocenters. The van der Waals surface area contributed by atoms with E-state index in [-0.39, 0.29) is 5.91 Å². The molecular weight excluding hydrogens is 485 g/mol. The van der Waals surface area contributed by atoms with Crippen molar-refractivity contribution in [2.75, 3.05) is 0 Å². The van der Waals surface area contributed by atoms with Crippen molar-refractivity contribution < 1.29 is 4.79 Å². The van der Waals surface area contributed by atoms with Crippen molar-refractivity contribution in [3.05, 3.63) is 104 Å². The van der Waals surface area contributed by atoms with Gasteiger partial charge in [-0.05, 0) is 78.7 Å². The van der Waals surface area contributed by atoms with E-state index in [0.29, 0.717) is 26.7 Å².